The van der Waals surface area contributed by atoms with Gasteiger partial charge in [-0.2, -0.15) is 0 Å². The molecule has 0 heterocycles. The Morgan fingerprint density at radius 1 is 1.00 bits per heavy atom. The minimum absolute atomic E-state index is 0.0939. The maximum atomic E-state index is 5.46. The van der Waals surface area contributed by atoms with Gasteiger partial charge in [0.25, 0.3) is 0 Å². The van der Waals surface area contributed by atoms with E-state index in [9.17, 15) is 0 Å². The smallest absolute Gasteiger partial charge is 0.107 e. The first kappa shape index (κ1) is 13.4. The van der Waals surface area contributed by atoms with Crippen LogP contribution in [0.25, 0.3) is 0 Å². The third-order valence-electron chi connectivity index (χ3n) is 1.32. The van der Waals surface area contributed by atoms with Crippen LogP contribution in [0.15, 0.2) is 0 Å². The van der Waals surface area contributed by atoms with Crippen molar-refractivity contribution in [3.8, 4) is 12.3 Å². The fraction of sp³-hybridized carbons (Fsp3) is 0.818. The lowest BCUT2D eigenvalue weighted by molar-refractivity contribution is -0.0412. The Balaban J connectivity index is 3.04. The van der Waals surface area contributed by atoms with E-state index in [4.69, 9.17) is 20.6 Å². The van der Waals surface area contributed by atoms with E-state index in [-0.39, 0.29) is 5.60 Å². The molecule has 0 aromatic heterocycles. The van der Waals surface area contributed by atoms with E-state index in [2.05, 4.69) is 5.92 Å². The Morgan fingerprint density at radius 2 is 1.57 bits per heavy atom. The van der Waals surface area contributed by atoms with Crippen LogP contribution in [0.2, 0.25) is 0 Å². The lowest BCUT2D eigenvalue weighted by atomic mass is 10.2. The molecule has 0 N–H and O–H groups in total. The van der Waals surface area contributed by atoms with E-state index >= 15 is 0 Å². The zero-order valence-electron chi connectivity index (χ0n) is 9.34. The van der Waals surface area contributed by atoms with Crippen molar-refractivity contribution in [1.82, 2.24) is 0 Å². The highest BCUT2D eigenvalue weighted by Crippen LogP contribution is 2.05. The Labute approximate surface area is 86.7 Å². The minimum atomic E-state index is -0.0939. The maximum Gasteiger partial charge on any atom is 0.107 e. The summed E-state index contributed by atoms with van der Waals surface area (Å²) < 4.78 is 15.7. The van der Waals surface area contributed by atoms with E-state index in [0.29, 0.717) is 33.0 Å². The first-order valence-electron chi connectivity index (χ1n) is 4.79. The molecule has 0 aliphatic carbocycles. The predicted octanol–water partition coefficient (Wildman–Crippen LogP) is 1.47. The number of hydrogen-bond acceptors (Lipinski definition) is 3. The summed E-state index contributed by atoms with van der Waals surface area (Å²) in [6.07, 6.45) is 5.00. The molecule has 0 bridgehead atoms. The summed E-state index contributed by atoms with van der Waals surface area (Å²) in [5.74, 6) is 2.39. The monoisotopic (exact) mass is 200 g/mol. The van der Waals surface area contributed by atoms with Gasteiger partial charge in [0.15, 0.2) is 0 Å². The van der Waals surface area contributed by atoms with Gasteiger partial charge in [0.05, 0.1) is 32.0 Å². The van der Waals surface area contributed by atoms with Gasteiger partial charge in [-0.1, -0.05) is 5.92 Å². The van der Waals surface area contributed by atoms with Crippen molar-refractivity contribution in [3.05, 3.63) is 0 Å². The molecule has 0 amide bonds. The van der Waals surface area contributed by atoms with Gasteiger partial charge >= 0.3 is 0 Å². The number of hydrogen-bond donors (Lipinski definition) is 0. The molecule has 0 aliphatic rings. The topological polar surface area (TPSA) is 27.7 Å². The highest BCUT2D eigenvalue weighted by molar-refractivity contribution is 4.82. The van der Waals surface area contributed by atoms with Crippen LogP contribution < -0.4 is 0 Å². The molecule has 0 aromatic rings. The first-order chi connectivity index (χ1) is 6.56. The number of ether oxygens (including phenoxy) is 3. The second-order valence-corrected chi connectivity index (χ2v) is 3.83. The van der Waals surface area contributed by atoms with Crippen LogP contribution in [0.4, 0.5) is 0 Å². The van der Waals surface area contributed by atoms with E-state index in [1.807, 2.05) is 20.8 Å². The van der Waals surface area contributed by atoms with E-state index in [0.717, 1.165) is 0 Å². The van der Waals surface area contributed by atoms with Crippen LogP contribution in [0.1, 0.15) is 20.8 Å². The maximum absolute atomic E-state index is 5.46. The molecule has 0 rings (SSSR count). The molecule has 3 nitrogen and oxygen atoms in total. The van der Waals surface area contributed by atoms with Gasteiger partial charge in [-0.05, 0) is 20.8 Å². The summed E-state index contributed by atoms with van der Waals surface area (Å²) in [4.78, 5) is 0. The van der Waals surface area contributed by atoms with Gasteiger partial charge in [0.1, 0.15) is 6.61 Å². The Bertz CT molecular complexity index is 164. The third-order valence-corrected chi connectivity index (χ3v) is 1.32. The normalized spacial score (nSPS) is 11.3. The van der Waals surface area contributed by atoms with Gasteiger partial charge in [-0.25, -0.2) is 0 Å². The van der Waals surface area contributed by atoms with Crippen molar-refractivity contribution in [3.63, 3.8) is 0 Å². The molecular formula is C11H20O3. The molecule has 0 atom stereocenters. The Kier molecular flexibility index (Phi) is 7.50. The molecule has 0 unspecified atom stereocenters. The molecular weight excluding hydrogens is 180 g/mol. The fourth-order valence-electron chi connectivity index (χ4n) is 0.758. The zero-order valence-corrected chi connectivity index (χ0v) is 9.34. The standard InChI is InChI=1S/C11H20O3/c1-5-6-12-7-8-13-9-10-14-11(2,3)4/h1H,6-10H2,2-4H3. The molecule has 3 heteroatoms. The van der Waals surface area contributed by atoms with Crippen LogP contribution >= 0.6 is 0 Å². The fourth-order valence-corrected chi connectivity index (χ4v) is 0.758. The highest BCUT2D eigenvalue weighted by atomic mass is 16.5. The van der Waals surface area contributed by atoms with Crippen LogP contribution in [0.3, 0.4) is 0 Å². The quantitative estimate of drug-likeness (QED) is 0.460. The summed E-state index contributed by atoms with van der Waals surface area (Å²) in [7, 11) is 0. The lowest BCUT2D eigenvalue weighted by Crippen LogP contribution is -2.22. The largest absolute Gasteiger partial charge is 0.377 e. The summed E-state index contributed by atoms with van der Waals surface area (Å²) in [6, 6.07) is 0. The van der Waals surface area contributed by atoms with Crippen molar-refractivity contribution < 1.29 is 14.2 Å². The van der Waals surface area contributed by atoms with Crippen LogP contribution in [0, 0.1) is 12.3 Å². The van der Waals surface area contributed by atoms with Crippen LogP contribution in [-0.2, 0) is 14.2 Å². The minimum Gasteiger partial charge on any atom is -0.377 e. The van der Waals surface area contributed by atoms with Gasteiger partial charge in [-0.3, -0.25) is 0 Å². The SMILES string of the molecule is C#CCOCCOCCOC(C)(C)C. The molecule has 0 aliphatic heterocycles. The summed E-state index contributed by atoms with van der Waals surface area (Å²) in [5.41, 5.74) is -0.0939. The van der Waals surface area contributed by atoms with Crippen molar-refractivity contribution in [2.45, 2.75) is 26.4 Å². The van der Waals surface area contributed by atoms with Crippen LogP contribution in [0.5, 0.6) is 0 Å². The van der Waals surface area contributed by atoms with Crippen LogP contribution in [-0.4, -0.2) is 38.6 Å². The van der Waals surface area contributed by atoms with Crippen molar-refractivity contribution in [1.29, 1.82) is 0 Å². The van der Waals surface area contributed by atoms with Gasteiger partial charge in [0.2, 0.25) is 0 Å². The molecule has 0 saturated carbocycles. The molecule has 0 radical (unpaired) electrons. The van der Waals surface area contributed by atoms with E-state index in [1.165, 1.54) is 0 Å². The zero-order chi connectivity index (χ0) is 10.9. The summed E-state index contributed by atoms with van der Waals surface area (Å²) in [6.45, 7) is 8.71. The van der Waals surface area contributed by atoms with Gasteiger partial charge in [0, 0.05) is 0 Å². The molecule has 0 saturated heterocycles. The Morgan fingerprint density at radius 3 is 2.14 bits per heavy atom. The average Bonchev–Trinajstić information content (AvgIpc) is 2.08. The van der Waals surface area contributed by atoms with E-state index < -0.39 is 0 Å². The molecule has 14 heavy (non-hydrogen) atoms. The number of terminal acetylenes is 1. The Hall–Kier alpha value is -0.560. The second-order valence-electron chi connectivity index (χ2n) is 3.83. The van der Waals surface area contributed by atoms with Gasteiger partial charge < -0.3 is 14.2 Å². The van der Waals surface area contributed by atoms with Gasteiger partial charge in [-0.15, -0.1) is 6.42 Å². The van der Waals surface area contributed by atoms with Crippen molar-refractivity contribution in [2.24, 2.45) is 0 Å². The summed E-state index contributed by atoms with van der Waals surface area (Å²) in [5, 5.41) is 0. The third kappa shape index (κ3) is 11.4. The van der Waals surface area contributed by atoms with Crippen molar-refractivity contribution >= 4 is 0 Å². The second kappa shape index (κ2) is 7.81. The molecule has 82 valence electrons. The predicted molar refractivity (Wildman–Crippen MR) is 56.2 cm³/mol. The molecule has 0 fully saturated rings. The summed E-state index contributed by atoms with van der Waals surface area (Å²) >= 11 is 0. The highest BCUT2D eigenvalue weighted by Gasteiger charge is 2.08. The average molecular weight is 200 g/mol. The molecule has 0 spiro atoms. The number of rotatable bonds is 7. The first-order valence-corrected chi connectivity index (χ1v) is 4.79. The molecule has 0 aromatic carbocycles. The van der Waals surface area contributed by atoms with E-state index in [1.54, 1.807) is 0 Å². The lowest BCUT2D eigenvalue weighted by Gasteiger charge is -2.19. The van der Waals surface area contributed by atoms with Crippen molar-refractivity contribution in [2.75, 3.05) is 33.0 Å².